The molecule has 3 saturated carbocycles. The van der Waals surface area contributed by atoms with Crippen LogP contribution in [0.1, 0.15) is 85.0 Å². The SMILES string of the molecule is CCC(=O)OC(=O)CCCC1CC(=O)C=C2CC[C@@H]3[C@H]([C@@H](O)C[C@@]4(C)[C@H]3CC[C@]4(O)C(=O)CO)[C@]21C. The Morgan fingerprint density at radius 1 is 1.17 bits per heavy atom. The van der Waals surface area contributed by atoms with Gasteiger partial charge in [-0.2, -0.15) is 0 Å². The zero-order valence-corrected chi connectivity index (χ0v) is 21.6. The summed E-state index contributed by atoms with van der Waals surface area (Å²) in [5, 5.41) is 32.6. The minimum absolute atomic E-state index is 0.0260. The van der Waals surface area contributed by atoms with Gasteiger partial charge in [-0.3, -0.25) is 19.2 Å². The Kier molecular flexibility index (Phi) is 7.36. The van der Waals surface area contributed by atoms with Gasteiger partial charge in [-0.25, -0.2) is 0 Å². The first-order chi connectivity index (χ1) is 16.9. The fourth-order valence-electron chi connectivity index (χ4n) is 8.61. The number of hydrogen-bond donors (Lipinski definition) is 3. The van der Waals surface area contributed by atoms with Crippen molar-refractivity contribution in [2.75, 3.05) is 6.61 Å². The molecule has 0 amide bonds. The second kappa shape index (κ2) is 9.76. The minimum atomic E-state index is -1.65. The van der Waals surface area contributed by atoms with Crippen molar-refractivity contribution >= 4 is 23.5 Å². The highest BCUT2D eigenvalue weighted by molar-refractivity contribution is 5.92. The molecule has 4 rings (SSSR count). The lowest BCUT2D eigenvalue weighted by molar-refractivity contribution is -0.186. The normalized spacial score (nSPS) is 41.6. The van der Waals surface area contributed by atoms with E-state index in [1.807, 2.05) is 6.92 Å². The fraction of sp³-hybridized carbons (Fsp3) is 0.786. The van der Waals surface area contributed by atoms with E-state index in [1.165, 1.54) is 0 Å². The third-order valence-corrected chi connectivity index (χ3v) is 10.4. The van der Waals surface area contributed by atoms with Crippen LogP contribution in [0.25, 0.3) is 0 Å². The van der Waals surface area contributed by atoms with Gasteiger partial charge >= 0.3 is 11.9 Å². The van der Waals surface area contributed by atoms with Gasteiger partial charge in [0.25, 0.3) is 0 Å². The first-order valence-corrected chi connectivity index (χ1v) is 13.4. The summed E-state index contributed by atoms with van der Waals surface area (Å²) < 4.78 is 4.79. The van der Waals surface area contributed by atoms with Gasteiger partial charge in [0.1, 0.15) is 12.2 Å². The molecule has 3 N–H and O–H groups in total. The Bertz CT molecular complexity index is 971. The van der Waals surface area contributed by atoms with Gasteiger partial charge in [-0.1, -0.05) is 26.3 Å². The van der Waals surface area contributed by atoms with Crippen LogP contribution >= 0.6 is 0 Å². The van der Waals surface area contributed by atoms with Gasteiger partial charge in [-0.05, 0) is 80.1 Å². The van der Waals surface area contributed by atoms with E-state index in [2.05, 4.69) is 6.92 Å². The lowest BCUT2D eigenvalue weighted by atomic mass is 9.43. The maximum absolute atomic E-state index is 12.7. The Balaban J connectivity index is 1.59. The molecule has 0 aromatic carbocycles. The van der Waals surface area contributed by atoms with E-state index in [1.54, 1.807) is 13.0 Å². The topological polar surface area (TPSA) is 138 Å². The first kappa shape index (κ1) is 27.1. The second-order valence-corrected chi connectivity index (χ2v) is 11.9. The van der Waals surface area contributed by atoms with Crippen LogP contribution in [0.3, 0.4) is 0 Å². The van der Waals surface area contributed by atoms with Crippen molar-refractivity contribution < 1.29 is 39.2 Å². The number of rotatable bonds is 7. The molecule has 36 heavy (non-hydrogen) atoms. The molecule has 8 nitrogen and oxygen atoms in total. The number of ether oxygens (including phenoxy) is 1. The van der Waals surface area contributed by atoms with Crippen molar-refractivity contribution in [1.29, 1.82) is 0 Å². The van der Waals surface area contributed by atoms with Crippen LogP contribution in [0.15, 0.2) is 11.6 Å². The predicted molar refractivity (Wildman–Crippen MR) is 129 cm³/mol. The number of carbonyl (C=O) groups is 4. The van der Waals surface area contributed by atoms with Gasteiger partial charge in [0, 0.05) is 24.7 Å². The van der Waals surface area contributed by atoms with Crippen molar-refractivity contribution in [2.45, 2.75) is 96.7 Å². The molecule has 4 aliphatic carbocycles. The summed E-state index contributed by atoms with van der Waals surface area (Å²) >= 11 is 0. The van der Waals surface area contributed by atoms with Crippen LogP contribution in [0, 0.1) is 34.5 Å². The Hall–Kier alpha value is -1.90. The molecule has 8 atom stereocenters. The molecule has 0 aromatic rings. The number of carbonyl (C=O) groups excluding carboxylic acids is 4. The largest absolute Gasteiger partial charge is 0.393 e. The van der Waals surface area contributed by atoms with E-state index >= 15 is 0 Å². The van der Waals surface area contributed by atoms with Crippen molar-refractivity contribution in [3.63, 3.8) is 0 Å². The maximum Gasteiger partial charge on any atom is 0.313 e. The highest BCUT2D eigenvalue weighted by atomic mass is 16.6. The molecule has 200 valence electrons. The molecule has 3 fully saturated rings. The fourth-order valence-corrected chi connectivity index (χ4v) is 8.61. The summed E-state index contributed by atoms with van der Waals surface area (Å²) in [5.41, 5.74) is -1.85. The lowest BCUT2D eigenvalue weighted by Gasteiger charge is -2.62. The third-order valence-electron chi connectivity index (χ3n) is 10.4. The lowest BCUT2D eigenvalue weighted by Crippen LogP contribution is -2.63. The second-order valence-electron chi connectivity index (χ2n) is 11.9. The number of Topliss-reactive ketones (excluding diaryl/α,β-unsaturated/α-hetero) is 1. The van der Waals surface area contributed by atoms with E-state index in [4.69, 9.17) is 4.74 Å². The molecule has 0 saturated heterocycles. The van der Waals surface area contributed by atoms with Gasteiger partial charge in [-0.15, -0.1) is 0 Å². The summed E-state index contributed by atoms with van der Waals surface area (Å²) in [6, 6.07) is 0. The summed E-state index contributed by atoms with van der Waals surface area (Å²) in [4.78, 5) is 48.7. The van der Waals surface area contributed by atoms with Gasteiger partial charge in [0.2, 0.25) is 0 Å². The van der Waals surface area contributed by atoms with Crippen LogP contribution in [-0.4, -0.2) is 57.1 Å². The average molecular weight is 505 g/mol. The molecule has 0 radical (unpaired) electrons. The summed E-state index contributed by atoms with van der Waals surface area (Å²) in [6.45, 7) is 4.93. The van der Waals surface area contributed by atoms with E-state index in [-0.39, 0.29) is 55.1 Å². The zero-order valence-electron chi connectivity index (χ0n) is 21.6. The molecule has 0 heterocycles. The number of ketones is 2. The standard InChI is InChI=1S/C28H40O8/c1-4-23(33)36-24(34)7-5-6-16-12-18(30)13-17-8-9-19-20-10-11-28(35,22(32)15-29)26(20,2)14-21(31)25(19)27(16,17)3/h13,16,19-21,25,29,31,35H,4-12,14-15H2,1-3H3/t16?,19-,20-,21-,25+,26-,27-,28-/m0/s1. The Morgan fingerprint density at radius 3 is 2.56 bits per heavy atom. The van der Waals surface area contributed by atoms with Crippen molar-refractivity contribution in [3.05, 3.63) is 11.6 Å². The Labute approximate surface area is 212 Å². The number of aliphatic hydroxyl groups is 3. The van der Waals surface area contributed by atoms with Crippen molar-refractivity contribution in [2.24, 2.45) is 34.5 Å². The molecular formula is C28H40O8. The summed E-state index contributed by atoms with van der Waals surface area (Å²) in [6.07, 6.45) is 5.32. The highest BCUT2D eigenvalue weighted by Gasteiger charge is 2.68. The average Bonchev–Trinajstić information content (AvgIpc) is 3.09. The number of fused-ring (bicyclic) bond motifs is 5. The zero-order chi connectivity index (χ0) is 26.5. The molecule has 0 aromatic heterocycles. The van der Waals surface area contributed by atoms with E-state index in [9.17, 15) is 34.5 Å². The quantitative estimate of drug-likeness (QED) is 0.355. The molecule has 1 unspecified atom stereocenters. The van der Waals surface area contributed by atoms with Crippen molar-refractivity contribution in [3.8, 4) is 0 Å². The molecule has 4 aliphatic rings. The smallest absolute Gasteiger partial charge is 0.313 e. The molecule has 0 bridgehead atoms. The third kappa shape index (κ3) is 4.09. The number of aliphatic hydroxyl groups excluding tert-OH is 2. The molecule has 0 spiro atoms. The van der Waals surface area contributed by atoms with Gasteiger partial charge in [0.15, 0.2) is 11.6 Å². The maximum atomic E-state index is 12.7. The van der Waals surface area contributed by atoms with Gasteiger partial charge in [0.05, 0.1) is 6.10 Å². The Morgan fingerprint density at radius 2 is 1.89 bits per heavy atom. The molecule has 8 heteroatoms. The van der Waals surface area contributed by atoms with Crippen LogP contribution < -0.4 is 0 Å². The monoisotopic (exact) mass is 504 g/mol. The minimum Gasteiger partial charge on any atom is -0.393 e. The number of esters is 2. The number of hydrogen-bond acceptors (Lipinski definition) is 8. The van der Waals surface area contributed by atoms with Crippen LogP contribution in [0.5, 0.6) is 0 Å². The van der Waals surface area contributed by atoms with Crippen LogP contribution in [0.4, 0.5) is 0 Å². The first-order valence-electron chi connectivity index (χ1n) is 13.4. The van der Waals surface area contributed by atoms with E-state index < -0.39 is 46.9 Å². The summed E-state index contributed by atoms with van der Waals surface area (Å²) in [7, 11) is 0. The van der Waals surface area contributed by atoms with E-state index in [0.717, 1.165) is 18.4 Å². The molecule has 0 aliphatic heterocycles. The summed E-state index contributed by atoms with van der Waals surface area (Å²) in [5.74, 6) is -1.71. The number of allylic oxidation sites excluding steroid dienone is 1. The highest BCUT2D eigenvalue weighted by Crippen LogP contribution is 2.68. The van der Waals surface area contributed by atoms with Crippen LogP contribution in [0.2, 0.25) is 0 Å². The van der Waals surface area contributed by atoms with Crippen LogP contribution in [-0.2, 0) is 23.9 Å². The molecular weight excluding hydrogens is 464 g/mol. The van der Waals surface area contributed by atoms with E-state index in [0.29, 0.717) is 25.7 Å². The predicted octanol–water partition coefficient (Wildman–Crippen LogP) is 2.66. The van der Waals surface area contributed by atoms with Gasteiger partial charge < -0.3 is 20.1 Å². The van der Waals surface area contributed by atoms with Crippen molar-refractivity contribution in [1.82, 2.24) is 0 Å².